The number of aromatic nitrogens is 1. The monoisotopic (exact) mass is 303 g/mol. The van der Waals surface area contributed by atoms with E-state index in [2.05, 4.69) is 17.2 Å². The first-order valence-corrected chi connectivity index (χ1v) is 8.24. The van der Waals surface area contributed by atoms with Crippen LogP contribution in [0.5, 0.6) is 0 Å². The quantitative estimate of drug-likeness (QED) is 0.909. The smallest absolute Gasteiger partial charge is 0.263 e. The largest absolute Gasteiger partial charge is 0.397 e. The van der Waals surface area contributed by atoms with Gasteiger partial charge in [-0.15, -0.1) is 11.3 Å². The van der Waals surface area contributed by atoms with Crippen molar-refractivity contribution < 1.29 is 4.79 Å². The van der Waals surface area contributed by atoms with Crippen LogP contribution < -0.4 is 11.1 Å². The minimum atomic E-state index is -0.0566. The third kappa shape index (κ3) is 2.88. The van der Waals surface area contributed by atoms with Crippen LogP contribution in [0.3, 0.4) is 0 Å². The number of nitrogens with one attached hydrogen (secondary N) is 1. The predicted molar refractivity (Wildman–Crippen MR) is 87.8 cm³/mol. The van der Waals surface area contributed by atoms with Crippen LogP contribution in [0.1, 0.15) is 47.2 Å². The van der Waals surface area contributed by atoms with E-state index >= 15 is 0 Å². The number of nitrogens with zero attached hydrogens (tertiary/aromatic N) is 1. The molecule has 2 aromatic heterocycles. The van der Waals surface area contributed by atoms with Gasteiger partial charge in [0, 0.05) is 27.5 Å². The Bertz CT molecular complexity index is 703. The van der Waals surface area contributed by atoms with E-state index in [1.165, 1.54) is 24.2 Å². The highest BCUT2D eigenvalue weighted by molar-refractivity contribution is 7.21. The Morgan fingerprint density at radius 3 is 2.90 bits per heavy atom. The van der Waals surface area contributed by atoms with Gasteiger partial charge >= 0.3 is 0 Å². The summed E-state index contributed by atoms with van der Waals surface area (Å²) < 4.78 is 1.04. The average Bonchev–Trinajstić information content (AvgIpc) is 3.11. The number of rotatable bonds is 4. The van der Waals surface area contributed by atoms with E-state index in [9.17, 15) is 4.79 Å². The maximum atomic E-state index is 12.4. The van der Waals surface area contributed by atoms with Crippen LogP contribution in [0, 0.1) is 19.8 Å². The average molecular weight is 303 g/mol. The topological polar surface area (TPSA) is 68.0 Å². The Hall–Kier alpha value is -1.62. The van der Waals surface area contributed by atoms with Crippen LogP contribution >= 0.6 is 11.3 Å². The number of carbonyl (C=O) groups is 1. The number of aryl methyl sites for hydroxylation is 2. The first-order chi connectivity index (χ1) is 9.95. The van der Waals surface area contributed by atoms with Gasteiger partial charge < -0.3 is 11.1 Å². The molecule has 2 aromatic rings. The lowest BCUT2D eigenvalue weighted by Gasteiger charge is -2.12. The molecule has 0 aliphatic heterocycles. The summed E-state index contributed by atoms with van der Waals surface area (Å²) in [6.07, 6.45) is 3.67. The normalized spacial score (nSPS) is 16.1. The molecule has 1 unspecified atom stereocenters. The standard InChI is InChI=1S/C16H21N3OS/c1-8(6-11-4-5-11)19-16(20)15-14(17)13-10(3)18-9(2)7-12(13)21-15/h7-8,11H,4-6,17H2,1-3H3,(H,19,20). The maximum absolute atomic E-state index is 12.4. The van der Waals surface area contributed by atoms with Gasteiger partial charge in [0.25, 0.3) is 5.91 Å². The summed E-state index contributed by atoms with van der Waals surface area (Å²) in [5, 5.41) is 4.00. The molecule has 0 saturated heterocycles. The summed E-state index contributed by atoms with van der Waals surface area (Å²) in [5.41, 5.74) is 8.60. The molecular formula is C16H21N3OS. The Morgan fingerprint density at radius 2 is 2.24 bits per heavy atom. The molecular weight excluding hydrogens is 282 g/mol. The van der Waals surface area contributed by atoms with Crippen LogP contribution in [0.15, 0.2) is 6.07 Å². The summed E-state index contributed by atoms with van der Waals surface area (Å²) in [4.78, 5) is 17.5. The lowest BCUT2D eigenvalue weighted by Crippen LogP contribution is -2.32. The van der Waals surface area contributed by atoms with Crippen molar-refractivity contribution in [2.75, 3.05) is 5.73 Å². The third-order valence-electron chi connectivity index (χ3n) is 3.99. The highest BCUT2D eigenvalue weighted by atomic mass is 32.1. The van der Waals surface area contributed by atoms with Crippen molar-refractivity contribution in [3.63, 3.8) is 0 Å². The second-order valence-electron chi connectivity index (χ2n) is 6.12. The number of pyridine rings is 1. The fourth-order valence-corrected chi connectivity index (χ4v) is 4.02. The molecule has 1 aliphatic carbocycles. The Kier molecular flexibility index (Phi) is 3.61. The van der Waals surface area contributed by atoms with E-state index in [0.717, 1.165) is 33.8 Å². The molecule has 3 rings (SSSR count). The van der Waals surface area contributed by atoms with Crippen molar-refractivity contribution in [1.82, 2.24) is 10.3 Å². The van der Waals surface area contributed by atoms with E-state index in [4.69, 9.17) is 5.73 Å². The predicted octanol–water partition coefficient (Wildman–Crippen LogP) is 3.41. The fraction of sp³-hybridized carbons (Fsp3) is 0.500. The van der Waals surface area contributed by atoms with E-state index in [-0.39, 0.29) is 11.9 Å². The van der Waals surface area contributed by atoms with Crippen LogP contribution in [0.4, 0.5) is 5.69 Å². The van der Waals surface area contributed by atoms with Gasteiger partial charge in [-0.25, -0.2) is 0 Å². The molecule has 0 spiro atoms. The lowest BCUT2D eigenvalue weighted by atomic mass is 10.1. The second kappa shape index (κ2) is 5.30. The summed E-state index contributed by atoms with van der Waals surface area (Å²) in [5.74, 6) is 0.744. The molecule has 4 nitrogen and oxygen atoms in total. The maximum Gasteiger partial charge on any atom is 0.263 e. The Morgan fingerprint density at radius 1 is 1.52 bits per heavy atom. The zero-order valence-corrected chi connectivity index (χ0v) is 13.5. The number of amides is 1. The first kappa shape index (κ1) is 14.3. The Balaban J connectivity index is 1.87. The molecule has 0 bridgehead atoms. The lowest BCUT2D eigenvalue weighted by molar-refractivity contribution is 0.0942. The van der Waals surface area contributed by atoms with Gasteiger partial charge in [-0.05, 0) is 39.2 Å². The minimum Gasteiger partial charge on any atom is -0.397 e. The summed E-state index contributed by atoms with van der Waals surface area (Å²) in [7, 11) is 0. The van der Waals surface area contributed by atoms with E-state index in [1.807, 2.05) is 19.9 Å². The third-order valence-corrected chi connectivity index (χ3v) is 5.14. The van der Waals surface area contributed by atoms with Crippen molar-refractivity contribution in [3.8, 4) is 0 Å². The van der Waals surface area contributed by atoms with Gasteiger partial charge in [0.1, 0.15) is 4.88 Å². The van der Waals surface area contributed by atoms with E-state index in [1.54, 1.807) is 0 Å². The molecule has 5 heteroatoms. The number of nitrogens with two attached hydrogens (primary N) is 1. The van der Waals surface area contributed by atoms with Crippen molar-refractivity contribution in [2.24, 2.45) is 5.92 Å². The SMILES string of the molecule is Cc1cc2sc(C(=O)NC(C)CC3CC3)c(N)c2c(C)n1. The van der Waals surface area contributed by atoms with Crippen molar-refractivity contribution in [3.05, 3.63) is 22.3 Å². The van der Waals surface area contributed by atoms with Crippen LogP contribution in [0.2, 0.25) is 0 Å². The molecule has 1 aliphatic rings. The summed E-state index contributed by atoms with van der Waals surface area (Å²) in [6.45, 7) is 5.96. The number of hydrogen-bond acceptors (Lipinski definition) is 4. The molecule has 0 aromatic carbocycles. The highest BCUT2D eigenvalue weighted by Gasteiger charge is 2.25. The molecule has 1 fully saturated rings. The van der Waals surface area contributed by atoms with Crippen molar-refractivity contribution in [1.29, 1.82) is 0 Å². The zero-order valence-electron chi connectivity index (χ0n) is 12.7. The molecule has 21 heavy (non-hydrogen) atoms. The number of anilines is 1. The van der Waals surface area contributed by atoms with Crippen LogP contribution in [-0.4, -0.2) is 16.9 Å². The minimum absolute atomic E-state index is 0.0566. The molecule has 1 amide bonds. The number of carbonyl (C=O) groups excluding carboxylic acids is 1. The molecule has 3 N–H and O–H groups in total. The van der Waals surface area contributed by atoms with Gasteiger partial charge in [0.2, 0.25) is 0 Å². The van der Waals surface area contributed by atoms with Gasteiger partial charge in [0.15, 0.2) is 0 Å². The summed E-state index contributed by atoms with van der Waals surface area (Å²) in [6, 6.07) is 2.20. The summed E-state index contributed by atoms with van der Waals surface area (Å²) >= 11 is 1.46. The second-order valence-corrected chi connectivity index (χ2v) is 7.17. The van der Waals surface area contributed by atoms with E-state index in [0.29, 0.717) is 10.6 Å². The molecule has 0 radical (unpaired) electrons. The van der Waals surface area contributed by atoms with Gasteiger partial charge in [-0.1, -0.05) is 12.8 Å². The van der Waals surface area contributed by atoms with Gasteiger partial charge in [-0.3, -0.25) is 9.78 Å². The van der Waals surface area contributed by atoms with Crippen LogP contribution in [0.25, 0.3) is 10.1 Å². The van der Waals surface area contributed by atoms with Crippen molar-refractivity contribution in [2.45, 2.75) is 46.1 Å². The van der Waals surface area contributed by atoms with Crippen LogP contribution in [-0.2, 0) is 0 Å². The molecule has 1 saturated carbocycles. The van der Waals surface area contributed by atoms with Gasteiger partial charge in [-0.2, -0.15) is 0 Å². The molecule has 2 heterocycles. The van der Waals surface area contributed by atoms with Crippen molar-refractivity contribution >= 4 is 33.0 Å². The number of nitrogen functional groups attached to an aromatic ring is 1. The molecule has 1 atom stereocenters. The number of thiophene rings is 1. The first-order valence-electron chi connectivity index (χ1n) is 7.42. The zero-order chi connectivity index (χ0) is 15.1. The number of fused-ring (bicyclic) bond motifs is 1. The van der Waals surface area contributed by atoms with E-state index < -0.39 is 0 Å². The Labute approximate surface area is 128 Å². The van der Waals surface area contributed by atoms with Gasteiger partial charge in [0.05, 0.1) is 5.69 Å². The molecule has 112 valence electrons. The number of hydrogen-bond donors (Lipinski definition) is 2. The highest BCUT2D eigenvalue weighted by Crippen LogP contribution is 2.36. The fourth-order valence-electron chi connectivity index (χ4n) is 2.85.